The van der Waals surface area contributed by atoms with E-state index in [0.717, 1.165) is 34.3 Å². The van der Waals surface area contributed by atoms with Gasteiger partial charge < -0.3 is 15.7 Å². The van der Waals surface area contributed by atoms with Crippen molar-refractivity contribution in [3.8, 4) is 5.75 Å². The number of phenols is 1. The van der Waals surface area contributed by atoms with E-state index in [-0.39, 0.29) is 11.7 Å². The van der Waals surface area contributed by atoms with Crippen LogP contribution in [0.25, 0.3) is 0 Å². The zero-order valence-corrected chi connectivity index (χ0v) is 15.1. The fourth-order valence-corrected chi connectivity index (χ4v) is 5.19. The predicted molar refractivity (Wildman–Crippen MR) is 95.1 cm³/mol. The SMILES string of the molecule is CC1CCc2c(sc3c2C(=O)NC(c2cc(Br)ccc2O)N3)C1. The van der Waals surface area contributed by atoms with Crippen molar-refractivity contribution < 1.29 is 9.90 Å². The van der Waals surface area contributed by atoms with Gasteiger partial charge in [-0.25, -0.2) is 0 Å². The molecule has 1 aliphatic carbocycles. The molecule has 0 fully saturated rings. The number of rotatable bonds is 1. The summed E-state index contributed by atoms with van der Waals surface area (Å²) in [4.78, 5) is 14.0. The minimum Gasteiger partial charge on any atom is -0.508 e. The monoisotopic (exact) mass is 392 g/mol. The second-order valence-corrected chi connectivity index (χ2v) is 8.33. The Morgan fingerprint density at radius 1 is 1.35 bits per heavy atom. The lowest BCUT2D eigenvalue weighted by molar-refractivity contribution is 0.0935. The van der Waals surface area contributed by atoms with Crippen LogP contribution < -0.4 is 10.6 Å². The van der Waals surface area contributed by atoms with E-state index in [0.29, 0.717) is 11.5 Å². The van der Waals surface area contributed by atoms with Crippen LogP contribution in [0.15, 0.2) is 22.7 Å². The number of benzene rings is 1. The Kier molecular flexibility index (Phi) is 3.61. The van der Waals surface area contributed by atoms with Gasteiger partial charge in [-0.05, 0) is 48.9 Å². The fourth-order valence-electron chi connectivity index (χ4n) is 3.38. The Morgan fingerprint density at radius 3 is 3.00 bits per heavy atom. The van der Waals surface area contributed by atoms with Gasteiger partial charge in [0, 0.05) is 14.9 Å². The molecule has 0 bridgehead atoms. The molecule has 23 heavy (non-hydrogen) atoms. The van der Waals surface area contributed by atoms with E-state index in [9.17, 15) is 9.90 Å². The highest BCUT2D eigenvalue weighted by atomic mass is 79.9. The molecule has 2 heterocycles. The van der Waals surface area contributed by atoms with Gasteiger partial charge in [-0.3, -0.25) is 4.79 Å². The first-order valence-electron chi connectivity index (χ1n) is 7.73. The van der Waals surface area contributed by atoms with Crippen LogP contribution in [0.3, 0.4) is 0 Å². The Balaban J connectivity index is 1.73. The van der Waals surface area contributed by atoms with E-state index in [4.69, 9.17) is 0 Å². The van der Waals surface area contributed by atoms with Crippen molar-refractivity contribution in [3.63, 3.8) is 0 Å². The number of phenolic OH excluding ortho intramolecular Hbond substituents is 1. The number of halogens is 1. The molecule has 120 valence electrons. The minimum atomic E-state index is -0.412. The lowest BCUT2D eigenvalue weighted by Gasteiger charge is -2.27. The number of thiophene rings is 1. The molecule has 0 radical (unpaired) electrons. The molecule has 1 aliphatic heterocycles. The Morgan fingerprint density at radius 2 is 2.17 bits per heavy atom. The Labute approximate surface area is 147 Å². The van der Waals surface area contributed by atoms with E-state index in [2.05, 4.69) is 33.5 Å². The van der Waals surface area contributed by atoms with Crippen molar-refractivity contribution in [2.45, 2.75) is 32.4 Å². The van der Waals surface area contributed by atoms with Crippen molar-refractivity contribution in [3.05, 3.63) is 44.2 Å². The zero-order valence-electron chi connectivity index (χ0n) is 12.6. The summed E-state index contributed by atoms with van der Waals surface area (Å²) in [5, 5.41) is 17.4. The van der Waals surface area contributed by atoms with Crippen LogP contribution in [-0.4, -0.2) is 11.0 Å². The quantitative estimate of drug-likeness (QED) is 0.681. The maximum Gasteiger partial charge on any atom is 0.256 e. The van der Waals surface area contributed by atoms with Crippen molar-refractivity contribution >= 4 is 38.2 Å². The third kappa shape index (κ3) is 2.54. The summed E-state index contributed by atoms with van der Waals surface area (Å²) in [5.74, 6) is 0.801. The van der Waals surface area contributed by atoms with Gasteiger partial charge in [0.15, 0.2) is 0 Å². The van der Waals surface area contributed by atoms with E-state index in [1.54, 1.807) is 23.5 Å². The first-order chi connectivity index (χ1) is 11.0. The molecule has 2 aromatic rings. The van der Waals surface area contributed by atoms with Crippen molar-refractivity contribution in [2.24, 2.45) is 5.92 Å². The summed E-state index contributed by atoms with van der Waals surface area (Å²) >= 11 is 5.10. The maximum atomic E-state index is 12.6. The summed E-state index contributed by atoms with van der Waals surface area (Å²) in [6.07, 6.45) is 2.75. The van der Waals surface area contributed by atoms with Gasteiger partial charge in [0.1, 0.15) is 16.9 Å². The summed E-state index contributed by atoms with van der Waals surface area (Å²) < 4.78 is 0.867. The lowest BCUT2D eigenvalue weighted by Crippen LogP contribution is -2.38. The summed E-state index contributed by atoms with van der Waals surface area (Å²) in [6.45, 7) is 2.26. The average Bonchev–Trinajstić information content (AvgIpc) is 2.87. The van der Waals surface area contributed by atoms with Gasteiger partial charge in [0.25, 0.3) is 5.91 Å². The van der Waals surface area contributed by atoms with Crippen LogP contribution in [0.4, 0.5) is 5.00 Å². The molecule has 3 N–H and O–H groups in total. The molecule has 4 nitrogen and oxygen atoms in total. The first-order valence-corrected chi connectivity index (χ1v) is 9.34. The van der Waals surface area contributed by atoms with Gasteiger partial charge >= 0.3 is 0 Å². The molecular formula is C17H17BrN2O2S. The van der Waals surface area contributed by atoms with Gasteiger partial charge in [-0.15, -0.1) is 11.3 Å². The highest BCUT2D eigenvalue weighted by molar-refractivity contribution is 9.10. The van der Waals surface area contributed by atoms with Crippen LogP contribution in [0.2, 0.25) is 0 Å². The van der Waals surface area contributed by atoms with Crippen molar-refractivity contribution in [2.75, 3.05) is 5.32 Å². The van der Waals surface area contributed by atoms with Crippen LogP contribution in [-0.2, 0) is 12.8 Å². The lowest BCUT2D eigenvalue weighted by atomic mass is 9.88. The van der Waals surface area contributed by atoms with E-state index < -0.39 is 6.17 Å². The van der Waals surface area contributed by atoms with E-state index in [1.165, 1.54) is 10.4 Å². The topological polar surface area (TPSA) is 61.4 Å². The second-order valence-electron chi connectivity index (χ2n) is 6.31. The van der Waals surface area contributed by atoms with Crippen LogP contribution >= 0.6 is 27.3 Å². The molecular weight excluding hydrogens is 376 g/mol. The molecule has 1 aromatic carbocycles. The van der Waals surface area contributed by atoms with Crippen LogP contribution in [0, 0.1) is 5.92 Å². The highest BCUT2D eigenvalue weighted by Crippen LogP contribution is 2.43. The maximum absolute atomic E-state index is 12.6. The van der Waals surface area contributed by atoms with Gasteiger partial charge in [-0.1, -0.05) is 22.9 Å². The largest absolute Gasteiger partial charge is 0.508 e. The smallest absolute Gasteiger partial charge is 0.256 e. The molecule has 6 heteroatoms. The molecule has 1 aromatic heterocycles. The number of nitrogens with one attached hydrogen (secondary N) is 2. The number of carbonyl (C=O) groups excluding carboxylic acids is 1. The standard InChI is InChI=1S/C17H17BrN2O2S/c1-8-2-4-10-13(6-8)23-17-14(10)16(22)19-15(20-17)11-7-9(18)3-5-12(11)21/h3,5,7-8,15,20-21H,2,4,6H2,1H3,(H,19,22). The number of amides is 1. The third-order valence-corrected chi connectivity index (χ3v) is 6.27. The number of fused-ring (bicyclic) bond motifs is 3. The average molecular weight is 393 g/mol. The van der Waals surface area contributed by atoms with E-state index in [1.807, 2.05) is 6.07 Å². The molecule has 4 rings (SSSR count). The van der Waals surface area contributed by atoms with Crippen molar-refractivity contribution in [1.82, 2.24) is 5.32 Å². The zero-order chi connectivity index (χ0) is 16.1. The van der Waals surface area contributed by atoms with Crippen LogP contribution in [0.1, 0.15) is 45.9 Å². The first kappa shape index (κ1) is 15.0. The summed E-state index contributed by atoms with van der Waals surface area (Å²) in [6, 6.07) is 5.23. The van der Waals surface area contributed by atoms with E-state index >= 15 is 0 Å². The molecule has 0 spiro atoms. The van der Waals surface area contributed by atoms with Gasteiger partial charge in [0.2, 0.25) is 0 Å². The third-order valence-electron chi connectivity index (χ3n) is 4.59. The number of aromatic hydroxyl groups is 1. The fraction of sp³-hybridized carbons (Fsp3) is 0.353. The molecule has 2 unspecified atom stereocenters. The summed E-state index contributed by atoms with van der Waals surface area (Å²) in [7, 11) is 0. The molecule has 2 atom stereocenters. The molecule has 2 aliphatic rings. The Hall–Kier alpha value is -1.53. The van der Waals surface area contributed by atoms with Gasteiger partial charge in [0.05, 0.1) is 5.56 Å². The number of anilines is 1. The molecule has 0 saturated heterocycles. The number of hydrogen-bond donors (Lipinski definition) is 3. The normalized spacial score (nSPS) is 22.8. The summed E-state index contributed by atoms with van der Waals surface area (Å²) in [5.41, 5.74) is 2.69. The van der Waals surface area contributed by atoms with Gasteiger partial charge in [-0.2, -0.15) is 0 Å². The van der Waals surface area contributed by atoms with Crippen molar-refractivity contribution in [1.29, 1.82) is 0 Å². The second kappa shape index (κ2) is 5.53. The Bertz CT molecular complexity index is 802. The minimum absolute atomic E-state index is 0.0461. The molecule has 1 amide bonds. The predicted octanol–water partition coefficient (Wildman–Crippen LogP) is 4.20. The highest BCUT2D eigenvalue weighted by Gasteiger charge is 2.33. The number of carbonyl (C=O) groups is 1. The molecule has 0 saturated carbocycles. The number of hydrogen-bond acceptors (Lipinski definition) is 4. The van der Waals surface area contributed by atoms with Crippen LogP contribution in [0.5, 0.6) is 5.75 Å².